The Labute approximate surface area is 134 Å². The fraction of sp³-hybridized carbons (Fsp3) is 0.500. The van der Waals surface area contributed by atoms with Crippen molar-refractivity contribution in [3.05, 3.63) is 35.6 Å². The first-order chi connectivity index (χ1) is 8.28. The SMILES string of the molecule is CC.N#CC1(c2ccccc2F)CC[NH2+]CC1.[Y]. The van der Waals surface area contributed by atoms with Gasteiger partial charge < -0.3 is 5.32 Å². The molecular formula is C14H20FN2Y+. The summed E-state index contributed by atoms with van der Waals surface area (Å²) >= 11 is 0. The van der Waals surface area contributed by atoms with E-state index in [0.29, 0.717) is 5.56 Å². The van der Waals surface area contributed by atoms with Gasteiger partial charge in [-0.3, -0.25) is 0 Å². The maximum atomic E-state index is 13.6. The molecule has 1 heterocycles. The Balaban J connectivity index is 0.000000917. The van der Waals surface area contributed by atoms with E-state index in [2.05, 4.69) is 11.4 Å². The van der Waals surface area contributed by atoms with Crippen LogP contribution in [-0.2, 0) is 38.1 Å². The number of quaternary nitrogens is 1. The van der Waals surface area contributed by atoms with Crippen LogP contribution in [0.25, 0.3) is 0 Å². The number of piperidine rings is 1. The summed E-state index contributed by atoms with van der Waals surface area (Å²) in [5.74, 6) is -0.249. The molecule has 1 aromatic carbocycles. The Morgan fingerprint density at radius 3 is 2.28 bits per heavy atom. The van der Waals surface area contributed by atoms with Crippen LogP contribution in [0.1, 0.15) is 32.3 Å². The normalized spacial score (nSPS) is 16.6. The third-order valence-electron chi connectivity index (χ3n) is 3.15. The number of benzene rings is 1. The number of nitriles is 1. The zero-order valence-corrected chi connectivity index (χ0v) is 14.0. The summed E-state index contributed by atoms with van der Waals surface area (Å²) in [7, 11) is 0. The van der Waals surface area contributed by atoms with E-state index in [-0.39, 0.29) is 38.5 Å². The van der Waals surface area contributed by atoms with Crippen LogP contribution in [0.15, 0.2) is 24.3 Å². The van der Waals surface area contributed by atoms with E-state index in [9.17, 15) is 9.65 Å². The van der Waals surface area contributed by atoms with Gasteiger partial charge in [-0.15, -0.1) is 0 Å². The summed E-state index contributed by atoms with van der Waals surface area (Å²) in [5.41, 5.74) is -0.0271. The molecule has 1 fully saturated rings. The molecule has 18 heavy (non-hydrogen) atoms. The predicted octanol–water partition coefficient (Wildman–Crippen LogP) is 1.97. The van der Waals surface area contributed by atoms with Gasteiger partial charge in [0.25, 0.3) is 0 Å². The smallest absolute Gasteiger partial charge is 0.128 e. The van der Waals surface area contributed by atoms with E-state index in [0.717, 1.165) is 25.9 Å². The van der Waals surface area contributed by atoms with E-state index in [1.165, 1.54) is 6.07 Å². The van der Waals surface area contributed by atoms with Crippen molar-refractivity contribution in [3.63, 3.8) is 0 Å². The van der Waals surface area contributed by atoms with Crippen LogP contribution in [0.3, 0.4) is 0 Å². The molecule has 2 nitrogen and oxygen atoms in total. The van der Waals surface area contributed by atoms with Crippen molar-refractivity contribution >= 4 is 0 Å². The van der Waals surface area contributed by atoms with Crippen molar-refractivity contribution in [2.24, 2.45) is 0 Å². The van der Waals surface area contributed by atoms with Gasteiger partial charge in [-0.2, -0.15) is 5.26 Å². The molecule has 1 aliphatic rings. The summed E-state index contributed by atoms with van der Waals surface area (Å²) in [6.07, 6.45) is 1.48. The van der Waals surface area contributed by atoms with Crippen molar-refractivity contribution in [1.29, 1.82) is 5.26 Å². The molecule has 0 amide bonds. The molecular weight excluding hydrogens is 304 g/mol. The minimum atomic E-state index is -0.597. The Kier molecular flexibility index (Phi) is 8.60. The molecule has 4 heteroatoms. The molecule has 1 aromatic rings. The van der Waals surface area contributed by atoms with Crippen molar-refractivity contribution in [3.8, 4) is 6.07 Å². The van der Waals surface area contributed by atoms with E-state index in [4.69, 9.17) is 0 Å². The number of nitrogens with two attached hydrogens (primary N) is 1. The van der Waals surface area contributed by atoms with Crippen LogP contribution in [0.4, 0.5) is 4.39 Å². The first-order valence-electron chi connectivity index (χ1n) is 6.26. The van der Waals surface area contributed by atoms with Gasteiger partial charge in [0.05, 0.1) is 24.6 Å². The molecule has 0 unspecified atom stereocenters. The second kappa shape index (κ2) is 8.74. The Morgan fingerprint density at radius 2 is 1.78 bits per heavy atom. The summed E-state index contributed by atoms with van der Waals surface area (Å²) in [4.78, 5) is 0. The van der Waals surface area contributed by atoms with E-state index in [1.54, 1.807) is 18.2 Å². The minimum absolute atomic E-state index is 0. The van der Waals surface area contributed by atoms with Gasteiger partial charge in [0.15, 0.2) is 0 Å². The van der Waals surface area contributed by atoms with Crippen LogP contribution < -0.4 is 5.32 Å². The Morgan fingerprint density at radius 1 is 1.22 bits per heavy atom. The van der Waals surface area contributed by atoms with Crippen LogP contribution >= 0.6 is 0 Å². The van der Waals surface area contributed by atoms with Gasteiger partial charge in [0.2, 0.25) is 0 Å². The molecule has 1 aliphatic heterocycles. The molecule has 2 rings (SSSR count). The van der Waals surface area contributed by atoms with E-state index in [1.807, 2.05) is 13.8 Å². The van der Waals surface area contributed by atoms with Crippen LogP contribution in [0.2, 0.25) is 0 Å². The fourth-order valence-corrected chi connectivity index (χ4v) is 2.26. The molecule has 1 saturated heterocycles. The van der Waals surface area contributed by atoms with Crippen LogP contribution in [-0.4, -0.2) is 13.1 Å². The Bertz CT molecular complexity index is 395. The molecule has 0 spiro atoms. The standard InChI is InChI=1S/C12H13FN2.C2H6.Y/c13-11-4-2-1-3-10(11)12(9-14)5-7-15-8-6-12;1-2;/h1-4,15H,5-8H2;1-2H3;/p+1. The predicted molar refractivity (Wildman–Crippen MR) is 65.9 cm³/mol. The molecule has 0 aliphatic carbocycles. The van der Waals surface area contributed by atoms with E-state index >= 15 is 0 Å². The molecule has 0 aromatic heterocycles. The van der Waals surface area contributed by atoms with Crippen molar-refractivity contribution in [2.75, 3.05) is 13.1 Å². The molecule has 2 N–H and O–H groups in total. The number of rotatable bonds is 1. The van der Waals surface area contributed by atoms with Crippen molar-refractivity contribution < 1.29 is 42.4 Å². The van der Waals surface area contributed by atoms with Gasteiger partial charge in [0, 0.05) is 51.1 Å². The molecule has 0 bridgehead atoms. The quantitative estimate of drug-likeness (QED) is 0.843. The summed E-state index contributed by atoms with van der Waals surface area (Å²) in [6.45, 7) is 5.81. The van der Waals surface area contributed by atoms with Crippen molar-refractivity contribution in [1.82, 2.24) is 0 Å². The third-order valence-corrected chi connectivity index (χ3v) is 3.15. The largest absolute Gasteiger partial charge is 0.346 e. The van der Waals surface area contributed by atoms with Gasteiger partial charge in [-0.05, 0) is 6.07 Å². The summed E-state index contributed by atoms with van der Waals surface area (Å²) in [6, 6.07) is 8.96. The van der Waals surface area contributed by atoms with Crippen LogP contribution in [0, 0.1) is 17.1 Å². The first kappa shape index (κ1) is 17.7. The zero-order valence-electron chi connectivity index (χ0n) is 11.1. The second-order valence-corrected chi connectivity index (χ2v) is 4.04. The second-order valence-electron chi connectivity index (χ2n) is 4.04. The number of halogens is 1. The fourth-order valence-electron chi connectivity index (χ4n) is 2.26. The summed E-state index contributed by atoms with van der Waals surface area (Å²) in [5, 5.41) is 11.5. The third kappa shape index (κ3) is 3.85. The average Bonchev–Trinajstić information content (AvgIpc) is 2.42. The average molecular weight is 324 g/mol. The monoisotopic (exact) mass is 324 g/mol. The van der Waals surface area contributed by atoms with Crippen LogP contribution in [0.5, 0.6) is 0 Å². The zero-order chi connectivity index (χ0) is 12.7. The number of hydrogen-bond acceptors (Lipinski definition) is 1. The molecule has 95 valence electrons. The topological polar surface area (TPSA) is 40.4 Å². The van der Waals surface area contributed by atoms with Crippen molar-refractivity contribution in [2.45, 2.75) is 32.1 Å². The number of hydrogen-bond donors (Lipinski definition) is 1. The van der Waals surface area contributed by atoms with Gasteiger partial charge in [-0.1, -0.05) is 32.0 Å². The minimum Gasteiger partial charge on any atom is -0.346 e. The maximum Gasteiger partial charge on any atom is 0.128 e. The maximum absolute atomic E-state index is 13.6. The number of nitrogens with zero attached hydrogens (tertiary/aromatic N) is 1. The summed E-state index contributed by atoms with van der Waals surface area (Å²) < 4.78 is 13.6. The van der Waals surface area contributed by atoms with Gasteiger partial charge in [0.1, 0.15) is 5.82 Å². The molecule has 1 radical (unpaired) electrons. The van der Waals surface area contributed by atoms with Gasteiger partial charge in [-0.25, -0.2) is 4.39 Å². The first-order valence-corrected chi connectivity index (χ1v) is 6.26. The Hall–Kier alpha value is -0.296. The van der Waals surface area contributed by atoms with Gasteiger partial charge >= 0.3 is 0 Å². The molecule has 0 atom stereocenters. The van der Waals surface area contributed by atoms with E-state index < -0.39 is 5.41 Å². The molecule has 0 saturated carbocycles.